The van der Waals surface area contributed by atoms with Gasteiger partial charge in [0.1, 0.15) is 16.4 Å². The summed E-state index contributed by atoms with van der Waals surface area (Å²) < 4.78 is 45.8. The Morgan fingerprint density at radius 2 is 1.69 bits per heavy atom. The van der Waals surface area contributed by atoms with Crippen molar-refractivity contribution in [2.24, 2.45) is 0 Å². The van der Waals surface area contributed by atoms with Crippen LogP contribution < -0.4 is 0 Å². The zero-order valence-electron chi connectivity index (χ0n) is 14.0. The maximum Gasteiger partial charge on any atom is 0.246 e. The minimum Gasteiger partial charge on any atom is -0.356 e. The van der Waals surface area contributed by atoms with Crippen molar-refractivity contribution in [2.75, 3.05) is 26.2 Å². The fourth-order valence-electron chi connectivity index (χ4n) is 3.18. The summed E-state index contributed by atoms with van der Waals surface area (Å²) >= 11 is 0. The van der Waals surface area contributed by atoms with Gasteiger partial charge in [0.2, 0.25) is 10.0 Å². The molecule has 0 atom stereocenters. The molecule has 0 N–H and O–H groups in total. The summed E-state index contributed by atoms with van der Waals surface area (Å²) in [7, 11) is -3.82. The zero-order chi connectivity index (χ0) is 18.1. The molecule has 0 aliphatic carbocycles. The predicted molar refractivity (Wildman–Crippen MR) is 94.4 cm³/mol. The van der Waals surface area contributed by atoms with Crippen LogP contribution in [0.2, 0.25) is 0 Å². The lowest BCUT2D eigenvalue weighted by Crippen LogP contribution is -2.48. The summed E-state index contributed by atoms with van der Waals surface area (Å²) in [5, 5.41) is 5.08. The first-order valence-electron chi connectivity index (χ1n) is 8.36. The monoisotopic (exact) mass is 375 g/mol. The fourth-order valence-corrected chi connectivity index (χ4v) is 4.67. The average Bonchev–Trinajstić information content (AvgIpc) is 3.05. The Bertz CT molecular complexity index is 1030. The Hall–Kier alpha value is -2.29. The zero-order valence-corrected chi connectivity index (χ0v) is 14.8. The number of benzene rings is 2. The summed E-state index contributed by atoms with van der Waals surface area (Å²) in [5.41, 5.74) is 1.58. The van der Waals surface area contributed by atoms with E-state index in [9.17, 15) is 12.8 Å². The summed E-state index contributed by atoms with van der Waals surface area (Å²) in [4.78, 5) is 1.86. The van der Waals surface area contributed by atoms with Crippen LogP contribution in [0.25, 0.3) is 11.0 Å². The van der Waals surface area contributed by atoms with E-state index in [1.807, 2.05) is 24.3 Å². The average molecular weight is 375 g/mol. The van der Waals surface area contributed by atoms with E-state index in [2.05, 4.69) is 10.1 Å². The van der Waals surface area contributed by atoms with Crippen LogP contribution in [-0.2, 0) is 16.6 Å². The van der Waals surface area contributed by atoms with E-state index < -0.39 is 15.8 Å². The molecule has 1 aliphatic heterocycles. The van der Waals surface area contributed by atoms with Crippen molar-refractivity contribution in [1.29, 1.82) is 0 Å². The van der Waals surface area contributed by atoms with Crippen molar-refractivity contribution in [3.8, 4) is 0 Å². The van der Waals surface area contributed by atoms with Gasteiger partial charge in [-0.2, -0.15) is 4.31 Å². The molecule has 136 valence electrons. The van der Waals surface area contributed by atoms with Crippen LogP contribution in [0.3, 0.4) is 0 Å². The molecule has 0 bridgehead atoms. The van der Waals surface area contributed by atoms with Gasteiger partial charge in [-0.25, -0.2) is 12.8 Å². The first kappa shape index (κ1) is 17.1. The first-order valence-corrected chi connectivity index (χ1v) is 9.80. The molecule has 8 heteroatoms. The molecular weight excluding hydrogens is 357 g/mol. The molecule has 1 saturated heterocycles. The van der Waals surface area contributed by atoms with Gasteiger partial charge in [-0.3, -0.25) is 4.90 Å². The van der Waals surface area contributed by atoms with Crippen molar-refractivity contribution in [3.63, 3.8) is 0 Å². The number of hydrogen-bond donors (Lipinski definition) is 0. The highest BCUT2D eigenvalue weighted by Crippen LogP contribution is 2.22. The number of fused-ring (bicyclic) bond motifs is 1. The number of piperazine rings is 1. The van der Waals surface area contributed by atoms with Gasteiger partial charge in [0.15, 0.2) is 5.58 Å². The molecule has 0 radical (unpaired) electrons. The van der Waals surface area contributed by atoms with Crippen LogP contribution in [0.1, 0.15) is 5.69 Å². The normalized spacial score (nSPS) is 17.0. The maximum absolute atomic E-state index is 13.9. The molecule has 1 fully saturated rings. The van der Waals surface area contributed by atoms with E-state index in [1.165, 1.54) is 28.6 Å². The minimum absolute atomic E-state index is 0.268. The summed E-state index contributed by atoms with van der Waals surface area (Å²) in [6.07, 6.45) is 0. The summed E-state index contributed by atoms with van der Waals surface area (Å²) in [6, 6.07) is 13.1. The SMILES string of the molecule is O=S(=O)(c1ccccc1F)N1CCN(Cc2noc3ccccc23)CC1. The van der Waals surface area contributed by atoms with Crippen molar-refractivity contribution in [1.82, 2.24) is 14.4 Å². The van der Waals surface area contributed by atoms with E-state index in [-0.39, 0.29) is 4.90 Å². The second-order valence-electron chi connectivity index (χ2n) is 6.24. The first-order chi connectivity index (χ1) is 12.6. The summed E-state index contributed by atoms with van der Waals surface area (Å²) in [5.74, 6) is -0.719. The number of rotatable bonds is 4. The van der Waals surface area contributed by atoms with Crippen molar-refractivity contribution in [2.45, 2.75) is 11.4 Å². The van der Waals surface area contributed by atoms with Crippen LogP contribution in [0.15, 0.2) is 57.9 Å². The van der Waals surface area contributed by atoms with Crippen LogP contribution in [0.4, 0.5) is 4.39 Å². The molecule has 6 nitrogen and oxygen atoms in total. The van der Waals surface area contributed by atoms with Gasteiger partial charge in [-0.15, -0.1) is 0 Å². The Kier molecular flexibility index (Phi) is 4.47. The topological polar surface area (TPSA) is 66.7 Å². The molecule has 1 aromatic heterocycles. The second-order valence-corrected chi connectivity index (χ2v) is 8.14. The van der Waals surface area contributed by atoms with Gasteiger partial charge in [0, 0.05) is 38.1 Å². The highest BCUT2D eigenvalue weighted by Gasteiger charge is 2.30. The van der Waals surface area contributed by atoms with Gasteiger partial charge in [0.25, 0.3) is 0 Å². The van der Waals surface area contributed by atoms with E-state index in [0.717, 1.165) is 16.7 Å². The highest BCUT2D eigenvalue weighted by atomic mass is 32.2. The lowest BCUT2D eigenvalue weighted by Gasteiger charge is -2.33. The predicted octanol–water partition coefficient (Wildman–Crippen LogP) is 2.47. The van der Waals surface area contributed by atoms with Crippen LogP contribution in [-0.4, -0.2) is 49.0 Å². The highest BCUT2D eigenvalue weighted by molar-refractivity contribution is 7.89. The molecule has 2 aromatic carbocycles. The smallest absolute Gasteiger partial charge is 0.246 e. The van der Waals surface area contributed by atoms with Gasteiger partial charge in [-0.1, -0.05) is 29.4 Å². The second kappa shape index (κ2) is 6.79. The summed E-state index contributed by atoms with van der Waals surface area (Å²) in [6.45, 7) is 2.31. The van der Waals surface area contributed by atoms with Crippen molar-refractivity contribution >= 4 is 21.0 Å². The number of sulfonamides is 1. The Labute approximate surface area is 150 Å². The minimum atomic E-state index is -3.82. The van der Waals surface area contributed by atoms with Crippen LogP contribution in [0, 0.1) is 5.82 Å². The molecular formula is C18H18FN3O3S. The molecule has 3 aromatic rings. The number of hydrogen-bond acceptors (Lipinski definition) is 5. The Morgan fingerprint density at radius 1 is 1.00 bits per heavy atom. The Balaban J connectivity index is 1.45. The molecule has 26 heavy (non-hydrogen) atoms. The largest absolute Gasteiger partial charge is 0.356 e. The van der Waals surface area contributed by atoms with Crippen molar-refractivity contribution in [3.05, 3.63) is 60.0 Å². The number of para-hydroxylation sites is 1. The van der Waals surface area contributed by atoms with Gasteiger partial charge < -0.3 is 4.52 Å². The van der Waals surface area contributed by atoms with Gasteiger partial charge in [-0.05, 0) is 24.3 Å². The quantitative estimate of drug-likeness (QED) is 0.701. The molecule has 1 aliphatic rings. The third-order valence-electron chi connectivity index (χ3n) is 4.61. The standard InChI is InChI=1S/C18H18FN3O3S/c19-15-6-2-4-8-18(15)26(23,24)22-11-9-21(10-12-22)13-16-14-5-1-3-7-17(14)25-20-16/h1-8H,9-13H2. The fraction of sp³-hybridized carbons (Fsp3) is 0.278. The van der Waals surface area contributed by atoms with Crippen LogP contribution >= 0.6 is 0 Å². The Morgan fingerprint density at radius 3 is 2.46 bits per heavy atom. The molecule has 0 spiro atoms. The maximum atomic E-state index is 13.9. The lowest BCUT2D eigenvalue weighted by atomic mass is 10.2. The number of halogens is 1. The number of aromatic nitrogens is 1. The molecule has 4 rings (SSSR count). The van der Waals surface area contributed by atoms with E-state index in [0.29, 0.717) is 32.7 Å². The van der Waals surface area contributed by atoms with E-state index in [4.69, 9.17) is 4.52 Å². The molecule has 0 saturated carbocycles. The van der Waals surface area contributed by atoms with Crippen LogP contribution in [0.5, 0.6) is 0 Å². The van der Waals surface area contributed by atoms with E-state index in [1.54, 1.807) is 0 Å². The lowest BCUT2D eigenvalue weighted by molar-refractivity contribution is 0.178. The third-order valence-corrected chi connectivity index (χ3v) is 6.54. The molecule has 2 heterocycles. The van der Waals surface area contributed by atoms with Gasteiger partial charge >= 0.3 is 0 Å². The van der Waals surface area contributed by atoms with Crippen molar-refractivity contribution < 1.29 is 17.3 Å². The third kappa shape index (κ3) is 3.11. The molecule has 0 amide bonds. The van der Waals surface area contributed by atoms with E-state index >= 15 is 0 Å². The number of nitrogens with zero attached hydrogens (tertiary/aromatic N) is 3. The molecule has 0 unspecified atom stereocenters. The van der Waals surface area contributed by atoms with Gasteiger partial charge in [0.05, 0.1) is 0 Å².